The molecule has 0 unspecified atom stereocenters. The van der Waals surface area contributed by atoms with E-state index in [0.29, 0.717) is 18.2 Å². The number of carbonyl (C=O) groups excluding carboxylic acids is 1. The molecule has 0 spiro atoms. The Hall–Kier alpha value is -1.95. The number of rotatable bonds is 5. The Morgan fingerprint density at radius 3 is 2.72 bits per heavy atom. The molecule has 1 heterocycles. The van der Waals surface area contributed by atoms with Crippen molar-refractivity contribution in [3.63, 3.8) is 0 Å². The molecule has 1 N–H and O–H groups in total. The highest BCUT2D eigenvalue weighted by atomic mass is 35.5. The van der Waals surface area contributed by atoms with E-state index in [2.05, 4.69) is 15.2 Å². The van der Waals surface area contributed by atoms with Gasteiger partial charge in [-0.3, -0.25) is 9.79 Å². The van der Waals surface area contributed by atoms with Crippen LogP contribution in [0.1, 0.15) is 25.3 Å². The highest BCUT2D eigenvalue weighted by Crippen LogP contribution is 2.24. The normalized spacial score (nSPS) is 15.8. The second-order valence-corrected chi connectivity index (χ2v) is 6.31. The van der Waals surface area contributed by atoms with E-state index in [9.17, 15) is 4.79 Å². The second kappa shape index (κ2) is 9.51. The number of hydrogen-bond donors (Lipinski definition) is 1. The van der Waals surface area contributed by atoms with Crippen LogP contribution < -0.4 is 10.1 Å². The fourth-order valence-electron chi connectivity index (χ4n) is 2.96. The minimum Gasteiger partial charge on any atom is -0.493 e. The third-order valence-electron chi connectivity index (χ3n) is 4.31. The van der Waals surface area contributed by atoms with Crippen molar-refractivity contribution in [3.8, 4) is 5.75 Å². The van der Waals surface area contributed by atoms with Crippen LogP contribution in [0.3, 0.4) is 0 Å². The Morgan fingerprint density at radius 2 is 2.12 bits per heavy atom. The first-order chi connectivity index (χ1) is 12.1. The van der Waals surface area contributed by atoms with Gasteiger partial charge in [0.05, 0.1) is 19.6 Å². The van der Waals surface area contributed by atoms with Crippen LogP contribution in [-0.2, 0) is 16.1 Å². The molecular weight excluding hydrogens is 342 g/mol. The van der Waals surface area contributed by atoms with Crippen LogP contribution in [0, 0.1) is 5.92 Å². The van der Waals surface area contributed by atoms with E-state index in [1.807, 2.05) is 25.1 Å². The smallest absolute Gasteiger partial charge is 0.308 e. The van der Waals surface area contributed by atoms with Crippen molar-refractivity contribution in [3.05, 3.63) is 28.8 Å². The fourth-order valence-corrected chi connectivity index (χ4v) is 3.13. The van der Waals surface area contributed by atoms with Crippen LogP contribution in [0.15, 0.2) is 23.2 Å². The number of guanidine groups is 1. The maximum Gasteiger partial charge on any atom is 0.308 e. The van der Waals surface area contributed by atoms with Gasteiger partial charge in [0.1, 0.15) is 5.75 Å². The summed E-state index contributed by atoms with van der Waals surface area (Å²) in [5, 5.41) is 4.02. The lowest BCUT2D eigenvalue weighted by molar-refractivity contribution is -0.146. The Balaban J connectivity index is 1.94. The third kappa shape index (κ3) is 5.26. The molecule has 0 bridgehead atoms. The van der Waals surface area contributed by atoms with Gasteiger partial charge in [-0.1, -0.05) is 17.7 Å². The van der Waals surface area contributed by atoms with Crippen molar-refractivity contribution in [1.29, 1.82) is 0 Å². The number of carbonyl (C=O) groups is 1. The lowest BCUT2D eigenvalue weighted by Crippen LogP contribution is -2.46. The van der Waals surface area contributed by atoms with Crippen molar-refractivity contribution >= 4 is 23.5 Å². The van der Waals surface area contributed by atoms with Crippen molar-refractivity contribution < 1.29 is 14.3 Å². The number of nitrogens with one attached hydrogen (secondary N) is 1. The van der Waals surface area contributed by atoms with Crippen LogP contribution in [-0.4, -0.2) is 50.7 Å². The number of halogens is 1. The molecule has 1 aromatic carbocycles. The molecule has 138 valence electrons. The van der Waals surface area contributed by atoms with E-state index in [1.165, 1.54) is 7.11 Å². The summed E-state index contributed by atoms with van der Waals surface area (Å²) < 4.78 is 10.5. The first-order valence-corrected chi connectivity index (χ1v) is 8.91. The number of esters is 1. The molecule has 0 aromatic heterocycles. The molecule has 7 heteroatoms. The summed E-state index contributed by atoms with van der Waals surface area (Å²) in [6.07, 6.45) is 1.55. The summed E-state index contributed by atoms with van der Waals surface area (Å²) in [6.45, 7) is 4.68. The predicted octanol–water partition coefficient (Wildman–Crippen LogP) is 2.70. The van der Waals surface area contributed by atoms with Crippen LogP contribution >= 0.6 is 11.6 Å². The van der Waals surface area contributed by atoms with E-state index >= 15 is 0 Å². The number of hydrogen-bond acceptors (Lipinski definition) is 4. The van der Waals surface area contributed by atoms with Gasteiger partial charge in [0.25, 0.3) is 0 Å². The van der Waals surface area contributed by atoms with Crippen molar-refractivity contribution in [2.75, 3.05) is 33.9 Å². The van der Waals surface area contributed by atoms with Gasteiger partial charge < -0.3 is 19.7 Å². The van der Waals surface area contributed by atoms with Gasteiger partial charge in [0, 0.05) is 37.3 Å². The molecule has 1 aromatic rings. The maximum atomic E-state index is 11.6. The summed E-state index contributed by atoms with van der Waals surface area (Å²) in [5.74, 6) is 1.47. The fraction of sp³-hybridized carbons (Fsp3) is 0.556. The Bertz CT molecular complexity index is 614. The number of ether oxygens (including phenoxy) is 2. The van der Waals surface area contributed by atoms with Crippen molar-refractivity contribution in [2.45, 2.75) is 26.3 Å². The SMILES string of the molecule is CCOc1cc(Cl)ccc1CNC(=NC)N1CCC(C(=O)OC)CC1. The standard InChI is InChI=1S/C18H26ClN3O3/c1-4-25-16-11-15(19)6-5-14(16)12-21-18(20-2)22-9-7-13(8-10-22)17(23)24-3/h5-6,11,13H,4,7-10,12H2,1-3H3,(H,20,21). The van der Waals surface area contributed by atoms with Gasteiger partial charge in [-0.15, -0.1) is 0 Å². The molecule has 6 nitrogen and oxygen atoms in total. The molecule has 0 atom stereocenters. The number of piperidine rings is 1. The largest absolute Gasteiger partial charge is 0.493 e. The molecule has 1 fully saturated rings. The van der Waals surface area contributed by atoms with Gasteiger partial charge in [-0.2, -0.15) is 0 Å². The first-order valence-electron chi connectivity index (χ1n) is 8.53. The molecule has 0 aliphatic carbocycles. The van der Waals surface area contributed by atoms with E-state index in [0.717, 1.165) is 43.2 Å². The minimum atomic E-state index is -0.120. The van der Waals surface area contributed by atoms with E-state index in [-0.39, 0.29) is 11.9 Å². The van der Waals surface area contributed by atoms with Crippen LogP contribution in [0.25, 0.3) is 0 Å². The zero-order valence-electron chi connectivity index (χ0n) is 15.0. The number of likely N-dealkylation sites (tertiary alicyclic amines) is 1. The number of nitrogens with zero attached hydrogens (tertiary/aromatic N) is 2. The quantitative estimate of drug-likeness (QED) is 0.492. The third-order valence-corrected chi connectivity index (χ3v) is 4.54. The Morgan fingerprint density at radius 1 is 1.40 bits per heavy atom. The molecule has 1 aliphatic rings. The molecule has 0 saturated carbocycles. The topological polar surface area (TPSA) is 63.2 Å². The van der Waals surface area contributed by atoms with Crippen molar-refractivity contribution in [2.24, 2.45) is 10.9 Å². The zero-order chi connectivity index (χ0) is 18.2. The van der Waals surface area contributed by atoms with E-state index < -0.39 is 0 Å². The van der Waals surface area contributed by atoms with Gasteiger partial charge in [-0.25, -0.2) is 0 Å². The maximum absolute atomic E-state index is 11.6. The number of methoxy groups -OCH3 is 1. The van der Waals surface area contributed by atoms with Crippen LogP contribution in [0.2, 0.25) is 5.02 Å². The van der Waals surface area contributed by atoms with Gasteiger partial charge in [-0.05, 0) is 31.9 Å². The Kier molecular flexibility index (Phi) is 7.37. The highest BCUT2D eigenvalue weighted by Gasteiger charge is 2.26. The lowest BCUT2D eigenvalue weighted by atomic mass is 9.97. The summed E-state index contributed by atoms with van der Waals surface area (Å²) in [4.78, 5) is 18.2. The predicted molar refractivity (Wildman–Crippen MR) is 99.1 cm³/mol. The summed E-state index contributed by atoms with van der Waals surface area (Å²) in [7, 11) is 3.21. The summed E-state index contributed by atoms with van der Waals surface area (Å²) in [5.41, 5.74) is 1.02. The van der Waals surface area contributed by atoms with Gasteiger partial charge in [0.15, 0.2) is 5.96 Å². The first kappa shape index (κ1) is 19.4. The minimum absolute atomic E-state index is 0.0137. The lowest BCUT2D eigenvalue weighted by Gasteiger charge is -2.33. The summed E-state index contributed by atoms with van der Waals surface area (Å²) in [6, 6.07) is 5.63. The zero-order valence-corrected chi connectivity index (χ0v) is 15.8. The molecular formula is C18H26ClN3O3. The van der Waals surface area contributed by atoms with Crippen LogP contribution in [0.5, 0.6) is 5.75 Å². The molecule has 0 radical (unpaired) electrons. The van der Waals surface area contributed by atoms with Gasteiger partial charge in [0.2, 0.25) is 0 Å². The molecule has 1 aliphatic heterocycles. The molecule has 2 rings (SSSR count). The number of benzene rings is 1. The van der Waals surface area contributed by atoms with E-state index in [4.69, 9.17) is 21.1 Å². The average molecular weight is 368 g/mol. The highest BCUT2D eigenvalue weighted by molar-refractivity contribution is 6.30. The monoisotopic (exact) mass is 367 g/mol. The van der Waals surface area contributed by atoms with Crippen molar-refractivity contribution in [1.82, 2.24) is 10.2 Å². The van der Waals surface area contributed by atoms with E-state index in [1.54, 1.807) is 7.05 Å². The average Bonchev–Trinajstić information content (AvgIpc) is 2.64. The number of aliphatic imine (C=N–C) groups is 1. The van der Waals surface area contributed by atoms with Gasteiger partial charge >= 0.3 is 5.97 Å². The van der Waals surface area contributed by atoms with Crippen LogP contribution in [0.4, 0.5) is 0 Å². The Labute approximate surface area is 154 Å². The summed E-state index contributed by atoms with van der Waals surface area (Å²) >= 11 is 6.05. The molecule has 0 amide bonds. The second-order valence-electron chi connectivity index (χ2n) is 5.87. The molecule has 25 heavy (non-hydrogen) atoms. The molecule has 1 saturated heterocycles.